The van der Waals surface area contributed by atoms with Gasteiger partial charge in [0.2, 0.25) is 6.79 Å². The molecule has 2 N–H and O–H groups in total. The summed E-state index contributed by atoms with van der Waals surface area (Å²) in [6.07, 6.45) is 0. The van der Waals surface area contributed by atoms with Gasteiger partial charge in [0.25, 0.3) is 0 Å². The van der Waals surface area contributed by atoms with E-state index in [0.717, 1.165) is 5.56 Å². The van der Waals surface area contributed by atoms with Gasteiger partial charge >= 0.3 is 0 Å². The number of benzene rings is 2. The summed E-state index contributed by atoms with van der Waals surface area (Å²) in [5, 5.41) is 0.696. The molecule has 1 atom stereocenters. The van der Waals surface area contributed by atoms with E-state index in [1.54, 1.807) is 12.1 Å². The third-order valence-corrected chi connectivity index (χ3v) is 3.56. The zero-order chi connectivity index (χ0) is 14.4. The van der Waals surface area contributed by atoms with Crippen LogP contribution < -0.4 is 15.2 Å². The largest absolute Gasteiger partial charge is 0.459 e. The molecular formula is C16H12FNO3. The van der Waals surface area contributed by atoms with Crippen LogP contribution in [0.3, 0.4) is 0 Å². The Labute approximate surface area is 119 Å². The molecule has 0 saturated carbocycles. The van der Waals surface area contributed by atoms with E-state index in [1.165, 1.54) is 12.1 Å². The molecule has 0 radical (unpaired) electrons. The molecule has 1 unspecified atom stereocenters. The summed E-state index contributed by atoms with van der Waals surface area (Å²) in [5.41, 5.74) is 7.69. The summed E-state index contributed by atoms with van der Waals surface area (Å²) < 4.78 is 29.5. The van der Waals surface area contributed by atoms with Gasteiger partial charge in [0.15, 0.2) is 11.5 Å². The summed E-state index contributed by atoms with van der Waals surface area (Å²) in [7, 11) is 0. The second-order valence-corrected chi connectivity index (χ2v) is 4.92. The van der Waals surface area contributed by atoms with Crippen molar-refractivity contribution in [2.24, 2.45) is 5.73 Å². The van der Waals surface area contributed by atoms with Gasteiger partial charge in [-0.2, -0.15) is 0 Å². The Morgan fingerprint density at radius 2 is 1.86 bits per heavy atom. The molecule has 2 aromatic carbocycles. The minimum Gasteiger partial charge on any atom is -0.459 e. The van der Waals surface area contributed by atoms with E-state index in [4.69, 9.17) is 19.6 Å². The van der Waals surface area contributed by atoms with Crippen molar-refractivity contribution >= 4 is 11.0 Å². The Morgan fingerprint density at radius 3 is 2.76 bits per heavy atom. The second-order valence-electron chi connectivity index (χ2n) is 4.92. The Hall–Kier alpha value is -2.53. The van der Waals surface area contributed by atoms with Gasteiger partial charge in [-0.05, 0) is 42.0 Å². The highest BCUT2D eigenvalue weighted by atomic mass is 19.1. The van der Waals surface area contributed by atoms with Crippen LogP contribution >= 0.6 is 0 Å². The fourth-order valence-corrected chi connectivity index (χ4v) is 2.46. The molecular weight excluding hydrogens is 273 g/mol. The van der Waals surface area contributed by atoms with Crippen molar-refractivity contribution in [2.45, 2.75) is 6.04 Å². The third kappa shape index (κ3) is 2.02. The van der Waals surface area contributed by atoms with E-state index in [-0.39, 0.29) is 12.6 Å². The first-order valence-corrected chi connectivity index (χ1v) is 6.55. The Kier molecular flexibility index (Phi) is 2.62. The molecule has 21 heavy (non-hydrogen) atoms. The molecule has 4 rings (SSSR count). The van der Waals surface area contributed by atoms with Crippen LogP contribution in [0.1, 0.15) is 17.4 Å². The van der Waals surface area contributed by atoms with Crippen molar-refractivity contribution in [1.29, 1.82) is 0 Å². The molecule has 0 saturated heterocycles. The highest BCUT2D eigenvalue weighted by Gasteiger charge is 2.19. The van der Waals surface area contributed by atoms with Gasteiger partial charge in [-0.3, -0.25) is 0 Å². The molecule has 0 spiro atoms. The quantitative estimate of drug-likeness (QED) is 0.784. The van der Waals surface area contributed by atoms with Gasteiger partial charge in [0.1, 0.15) is 17.2 Å². The van der Waals surface area contributed by atoms with Gasteiger partial charge in [-0.15, -0.1) is 0 Å². The van der Waals surface area contributed by atoms with E-state index >= 15 is 0 Å². The zero-order valence-corrected chi connectivity index (χ0v) is 11.0. The number of fused-ring (bicyclic) bond motifs is 2. The van der Waals surface area contributed by atoms with Crippen LogP contribution in [0.15, 0.2) is 46.9 Å². The van der Waals surface area contributed by atoms with Crippen molar-refractivity contribution in [2.75, 3.05) is 6.79 Å². The minimum absolute atomic E-state index is 0.220. The predicted molar refractivity (Wildman–Crippen MR) is 74.8 cm³/mol. The molecule has 4 nitrogen and oxygen atoms in total. The van der Waals surface area contributed by atoms with Crippen LogP contribution in [-0.2, 0) is 0 Å². The molecule has 0 amide bonds. The zero-order valence-electron chi connectivity index (χ0n) is 11.0. The SMILES string of the molecule is NC(c1ccc2c(c1)OCO2)c1cc2cc(F)ccc2o1. The lowest BCUT2D eigenvalue weighted by Crippen LogP contribution is -2.10. The number of halogens is 1. The van der Waals surface area contributed by atoms with E-state index in [9.17, 15) is 4.39 Å². The van der Waals surface area contributed by atoms with Gasteiger partial charge in [-0.25, -0.2) is 4.39 Å². The summed E-state index contributed by atoms with van der Waals surface area (Å²) in [5.74, 6) is 1.66. The topological polar surface area (TPSA) is 57.6 Å². The monoisotopic (exact) mass is 285 g/mol. The predicted octanol–water partition coefficient (Wildman–Crippen LogP) is 3.35. The Bertz CT molecular complexity index is 828. The van der Waals surface area contributed by atoms with Gasteiger partial charge < -0.3 is 19.6 Å². The van der Waals surface area contributed by atoms with E-state index in [1.807, 2.05) is 18.2 Å². The van der Waals surface area contributed by atoms with Gasteiger partial charge in [0, 0.05) is 5.39 Å². The minimum atomic E-state index is -0.449. The molecule has 0 fully saturated rings. The summed E-state index contributed by atoms with van der Waals surface area (Å²) in [4.78, 5) is 0. The molecule has 1 aliphatic rings. The van der Waals surface area contributed by atoms with E-state index in [2.05, 4.69) is 0 Å². The molecule has 3 aromatic rings. The number of hydrogen-bond acceptors (Lipinski definition) is 4. The van der Waals surface area contributed by atoms with Crippen LogP contribution in [0.2, 0.25) is 0 Å². The molecule has 5 heteroatoms. The maximum Gasteiger partial charge on any atom is 0.231 e. The summed E-state index contributed by atoms with van der Waals surface area (Å²) in [6, 6.07) is 11.2. The smallest absolute Gasteiger partial charge is 0.231 e. The Morgan fingerprint density at radius 1 is 1.00 bits per heavy atom. The van der Waals surface area contributed by atoms with Crippen molar-refractivity contribution in [3.05, 3.63) is 59.6 Å². The van der Waals surface area contributed by atoms with Crippen LogP contribution in [0.25, 0.3) is 11.0 Å². The van der Waals surface area contributed by atoms with Gasteiger partial charge in [0.05, 0.1) is 6.04 Å². The first-order chi connectivity index (χ1) is 10.2. The molecule has 1 aromatic heterocycles. The number of furan rings is 1. The van der Waals surface area contributed by atoms with Crippen LogP contribution in [0, 0.1) is 5.82 Å². The van der Waals surface area contributed by atoms with Crippen LogP contribution in [0.5, 0.6) is 11.5 Å². The van der Waals surface area contributed by atoms with Crippen molar-refractivity contribution in [3.63, 3.8) is 0 Å². The molecule has 2 heterocycles. The lowest BCUT2D eigenvalue weighted by molar-refractivity contribution is 0.174. The van der Waals surface area contributed by atoms with Crippen molar-refractivity contribution in [3.8, 4) is 11.5 Å². The first kappa shape index (κ1) is 12.2. The van der Waals surface area contributed by atoms with Gasteiger partial charge in [-0.1, -0.05) is 6.07 Å². The third-order valence-electron chi connectivity index (χ3n) is 3.56. The fourth-order valence-electron chi connectivity index (χ4n) is 2.46. The first-order valence-electron chi connectivity index (χ1n) is 6.55. The van der Waals surface area contributed by atoms with Crippen molar-refractivity contribution < 1.29 is 18.3 Å². The number of hydrogen-bond donors (Lipinski definition) is 1. The lowest BCUT2D eigenvalue weighted by Gasteiger charge is -2.09. The normalized spacial score (nSPS) is 14.6. The average molecular weight is 285 g/mol. The molecule has 0 aliphatic carbocycles. The van der Waals surface area contributed by atoms with Crippen LogP contribution in [0.4, 0.5) is 4.39 Å². The number of rotatable bonds is 2. The maximum absolute atomic E-state index is 13.2. The molecule has 1 aliphatic heterocycles. The lowest BCUT2D eigenvalue weighted by atomic mass is 10.0. The second kappa shape index (κ2) is 4.49. The van der Waals surface area contributed by atoms with E-state index in [0.29, 0.717) is 28.2 Å². The fraction of sp³-hybridized carbons (Fsp3) is 0.125. The number of ether oxygens (including phenoxy) is 2. The highest BCUT2D eigenvalue weighted by Crippen LogP contribution is 2.36. The van der Waals surface area contributed by atoms with Crippen LogP contribution in [-0.4, -0.2) is 6.79 Å². The molecule has 106 valence electrons. The maximum atomic E-state index is 13.2. The number of nitrogens with two attached hydrogens (primary N) is 1. The standard InChI is InChI=1S/C16H12FNO3/c17-11-2-4-12-10(5-11)7-15(21-12)16(18)9-1-3-13-14(6-9)20-8-19-13/h1-7,16H,8,18H2. The summed E-state index contributed by atoms with van der Waals surface area (Å²) >= 11 is 0. The molecule has 0 bridgehead atoms. The average Bonchev–Trinajstić information content (AvgIpc) is 3.11. The Balaban J connectivity index is 1.73. The van der Waals surface area contributed by atoms with Crippen molar-refractivity contribution in [1.82, 2.24) is 0 Å². The summed E-state index contributed by atoms with van der Waals surface area (Å²) in [6.45, 7) is 0.220. The highest BCUT2D eigenvalue weighted by molar-refractivity contribution is 5.78. The van der Waals surface area contributed by atoms with E-state index < -0.39 is 6.04 Å².